The Bertz CT molecular complexity index is 510. The van der Waals surface area contributed by atoms with Crippen LogP contribution in [-0.4, -0.2) is 28.6 Å². The van der Waals surface area contributed by atoms with Gasteiger partial charge in [0.25, 0.3) is 0 Å². The molecule has 0 aromatic heterocycles. The molecule has 0 saturated carbocycles. The summed E-state index contributed by atoms with van der Waals surface area (Å²) in [5, 5.41) is 0. The van der Waals surface area contributed by atoms with Crippen molar-refractivity contribution in [2.45, 2.75) is 17.7 Å². The summed E-state index contributed by atoms with van der Waals surface area (Å²) in [6, 6.07) is 3.88. The van der Waals surface area contributed by atoms with Gasteiger partial charge in [-0.05, 0) is 38.1 Å². The number of nitrogens with one attached hydrogen (secondary N) is 1. The fourth-order valence-electron chi connectivity index (χ4n) is 1.98. The van der Waals surface area contributed by atoms with Crippen LogP contribution in [0.25, 0.3) is 0 Å². The Morgan fingerprint density at radius 1 is 1.29 bits per heavy atom. The van der Waals surface area contributed by atoms with Crippen LogP contribution < -0.4 is 9.62 Å². The SMILES string of the molecule is CNS(=O)(=O)c1ccc(F)c(N2CCCC2)c1. The van der Waals surface area contributed by atoms with Gasteiger partial charge in [0, 0.05) is 13.1 Å². The molecule has 1 fully saturated rings. The molecule has 1 aromatic rings. The minimum atomic E-state index is -3.51. The zero-order chi connectivity index (χ0) is 12.5. The van der Waals surface area contributed by atoms with Crippen molar-refractivity contribution in [1.82, 2.24) is 4.72 Å². The Kier molecular flexibility index (Phi) is 3.35. The van der Waals surface area contributed by atoms with Crippen molar-refractivity contribution >= 4 is 15.7 Å². The standard InChI is InChI=1S/C11H15FN2O2S/c1-13-17(15,16)9-4-5-10(12)11(8-9)14-6-2-3-7-14/h4-5,8,13H,2-3,6-7H2,1H3. The Hall–Kier alpha value is -1.14. The summed E-state index contributed by atoms with van der Waals surface area (Å²) in [6.45, 7) is 1.56. The highest BCUT2D eigenvalue weighted by Gasteiger charge is 2.19. The summed E-state index contributed by atoms with van der Waals surface area (Å²) in [5.74, 6) is -0.373. The topological polar surface area (TPSA) is 49.4 Å². The van der Waals surface area contributed by atoms with Gasteiger partial charge in [0.05, 0.1) is 10.6 Å². The molecule has 4 nitrogen and oxygen atoms in total. The molecule has 1 heterocycles. The number of hydrogen-bond acceptors (Lipinski definition) is 3. The van der Waals surface area contributed by atoms with Crippen molar-refractivity contribution in [1.29, 1.82) is 0 Å². The summed E-state index contributed by atoms with van der Waals surface area (Å²) in [7, 11) is -2.17. The van der Waals surface area contributed by atoms with Crippen LogP contribution in [0.5, 0.6) is 0 Å². The predicted molar refractivity (Wildman–Crippen MR) is 64.1 cm³/mol. The van der Waals surface area contributed by atoms with Crippen molar-refractivity contribution < 1.29 is 12.8 Å². The van der Waals surface area contributed by atoms with Crippen molar-refractivity contribution in [2.75, 3.05) is 25.0 Å². The lowest BCUT2D eigenvalue weighted by atomic mass is 10.3. The largest absolute Gasteiger partial charge is 0.369 e. The lowest BCUT2D eigenvalue weighted by molar-refractivity contribution is 0.587. The van der Waals surface area contributed by atoms with Gasteiger partial charge < -0.3 is 4.90 Å². The van der Waals surface area contributed by atoms with Gasteiger partial charge in [-0.1, -0.05) is 0 Å². The number of rotatable bonds is 3. The molecule has 1 saturated heterocycles. The first-order valence-corrected chi connectivity index (χ1v) is 7.01. The predicted octanol–water partition coefficient (Wildman–Crippen LogP) is 1.33. The number of anilines is 1. The summed E-state index contributed by atoms with van der Waals surface area (Å²) in [5.41, 5.74) is 0.374. The van der Waals surface area contributed by atoms with Crippen LogP contribution in [0, 0.1) is 5.82 Å². The van der Waals surface area contributed by atoms with E-state index >= 15 is 0 Å². The summed E-state index contributed by atoms with van der Waals surface area (Å²) < 4.78 is 39.1. The number of sulfonamides is 1. The first-order chi connectivity index (χ1) is 8.04. The van der Waals surface area contributed by atoms with E-state index in [2.05, 4.69) is 4.72 Å². The minimum absolute atomic E-state index is 0.100. The fourth-order valence-corrected chi connectivity index (χ4v) is 2.73. The van der Waals surface area contributed by atoms with E-state index in [1.165, 1.54) is 25.2 Å². The molecule has 0 unspecified atom stereocenters. The maximum Gasteiger partial charge on any atom is 0.240 e. The highest BCUT2D eigenvalue weighted by molar-refractivity contribution is 7.89. The average Bonchev–Trinajstić information content (AvgIpc) is 2.83. The zero-order valence-electron chi connectivity index (χ0n) is 9.61. The van der Waals surface area contributed by atoms with Crippen molar-refractivity contribution in [3.8, 4) is 0 Å². The van der Waals surface area contributed by atoms with Gasteiger partial charge in [-0.2, -0.15) is 0 Å². The van der Waals surface area contributed by atoms with Crippen molar-refractivity contribution in [2.24, 2.45) is 0 Å². The second-order valence-corrected chi connectivity index (χ2v) is 5.90. The Labute approximate surface area is 100 Å². The highest BCUT2D eigenvalue weighted by Crippen LogP contribution is 2.26. The van der Waals surface area contributed by atoms with E-state index in [0.717, 1.165) is 25.9 Å². The van der Waals surface area contributed by atoms with Crippen LogP contribution in [0.2, 0.25) is 0 Å². The summed E-state index contributed by atoms with van der Waals surface area (Å²) >= 11 is 0. The fraction of sp³-hybridized carbons (Fsp3) is 0.455. The molecular formula is C11H15FN2O2S. The maximum absolute atomic E-state index is 13.7. The summed E-state index contributed by atoms with van der Waals surface area (Å²) in [6.07, 6.45) is 2.03. The number of nitrogens with zero attached hydrogens (tertiary/aromatic N) is 1. The lowest BCUT2D eigenvalue weighted by Gasteiger charge is -2.19. The van der Waals surface area contributed by atoms with Crippen LogP contribution in [0.4, 0.5) is 10.1 Å². The maximum atomic E-state index is 13.7. The summed E-state index contributed by atoms with van der Waals surface area (Å²) in [4.78, 5) is 1.98. The van der Waals surface area contributed by atoms with Crippen LogP contribution in [0.15, 0.2) is 23.1 Å². The molecule has 0 spiro atoms. The van der Waals surface area contributed by atoms with E-state index in [1.807, 2.05) is 4.90 Å². The first-order valence-electron chi connectivity index (χ1n) is 5.52. The Balaban J connectivity index is 2.42. The normalized spacial score (nSPS) is 16.5. The third kappa shape index (κ3) is 2.42. The van der Waals surface area contributed by atoms with E-state index in [1.54, 1.807) is 0 Å². The first kappa shape index (κ1) is 12.3. The van der Waals surface area contributed by atoms with Crippen LogP contribution >= 0.6 is 0 Å². The molecule has 6 heteroatoms. The third-order valence-corrected chi connectivity index (χ3v) is 4.36. The smallest absolute Gasteiger partial charge is 0.240 e. The monoisotopic (exact) mass is 258 g/mol. The van der Waals surface area contributed by atoms with E-state index < -0.39 is 10.0 Å². The molecule has 1 aliphatic rings. The van der Waals surface area contributed by atoms with Gasteiger partial charge in [-0.3, -0.25) is 0 Å². The Morgan fingerprint density at radius 3 is 2.53 bits per heavy atom. The van der Waals surface area contributed by atoms with E-state index in [9.17, 15) is 12.8 Å². The van der Waals surface area contributed by atoms with Gasteiger partial charge in [0.1, 0.15) is 5.82 Å². The van der Waals surface area contributed by atoms with Crippen LogP contribution in [0.1, 0.15) is 12.8 Å². The molecule has 94 valence electrons. The van der Waals surface area contributed by atoms with Crippen molar-refractivity contribution in [3.63, 3.8) is 0 Å². The molecule has 1 aliphatic heterocycles. The zero-order valence-corrected chi connectivity index (χ0v) is 10.4. The van der Waals surface area contributed by atoms with E-state index in [0.29, 0.717) is 5.69 Å². The van der Waals surface area contributed by atoms with E-state index in [-0.39, 0.29) is 10.7 Å². The average molecular weight is 258 g/mol. The Morgan fingerprint density at radius 2 is 1.94 bits per heavy atom. The number of halogens is 1. The van der Waals surface area contributed by atoms with Gasteiger partial charge in [-0.15, -0.1) is 0 Å². The molecule has 1 aromatic carbocycles. The lowest BCUT2D eigenvalue weighted by Crippen LogP contribution is -2.22. The molecule has 0 radical (unpaired) electrons. The van der Waals surface area contributed by atoms with Gasteiger partial charge in [0.2, 0.25) is 10.0 Å². The molecule has 1 N–H and O–H groups in total. The van der Waals surface area contributed by atoms with Gasteiger partial charge in [-0.25, -0.2) is 17.5 Å². The van der Waals surface area contributed by atoms with Crippen LogP contribution in [0.3, 0.4) is 0 Å². The molecule has 0 bridgehead atoms. The molecule has 0 atom stereocenters. The second-order valence-electron chi connectivity index (χ2n) is 4.01. The molecule has 17 heavy (non-hydrogen) atoms. The second kappa shape index (κ2) is 4.62. The highest BCUT2D eigenvalue weighted by atomic mass is 32.2. The van der Waals surface area contributed by atoms with Crippen LogP contribution in [-0.2, 0) is 10.0 Å². The third-order valence-electron chi connectivity index (χ3n) is 2.94. The quantitative estimate of drug-likeness (QED) is 0.890. The number of hydrogen-bond donors (Lipinski definition) is 1. The molecular weight excluding hydrogens is 243 g/mol. The van der Waals surface area contributed by atoms with Gasteiger partial charge in [0.15, 0.2) is 0 Å². The molecule has 2 rings (SSSR count). The van der Waals surface area contributed by atoms with E-state index in [4.69, 9.17) is 0 Å². The van der Waals surface area contributed by atoms with Crippen molar-refractivity contribution in [3.05, 3.63) is 24.0 Å². The number of benzene rings is 1. The molecule has 0 amide bonds. The van der Waals surface area contributed by atoms with Gasteiger partial charge >= 0.3 is 0 Å². The molecule has 0 aliphatic carbocycles. The minimum Gasteiger partial charge on any atom is -0.369 e.